The van der Waals surface area contributed by atoms with Crippen LogP contribution < -0.4 is 10.6 Å². The molecule has 3 aromatic carbocycles. The number of anilines is 2. The zero-order chi connectivity index (χ0) is 56.7. The van der Waals surface area contributed by atoms with Crippen molar-refractivity contribution in [3.63, 3.8) is 0 Å². The molecule has 414 valence electrons. The Morgan fingerprint density at radius 1 is 0.684 bits per heavy atom. The summed E-state index contributed by atoms with van der Waals surface area (Å²) in [5.41, 5.74) is -1.49. The Balaban J connectivity index is 0.000000389. The highest BCUT2D eigenvalue weighted by Crippen LogP contribution is 2.33. The van der Waals surface area contributed by atoms with Crippen LogP contribution in [0, 0.1) is 17.8 Å². The zero-order valence-corrected chi connectivity index (χ0v) is 47.3. The lowest BCUT2D eigenvalue weighted by Crippen LogP contribution is -2.55. The number of urea groups is 1. The molecule has 2 N–H and O–H groups in total. The normalized spacial score (nSPS) is 16.2. The Bertz CT molecular complexity index is 2590. The molecule has 2 saturated heterocycles. The standard InChI is InChI=1S/C38H52ClN3O7.C19H23ClN2O5/c1-6-8-9-10-11-12-13-14-15-19-24-49-36(46)28-22-23-29(39)30(25-28)40-33(44)31(32(43)38(3,4)5)42-34(45)35(48-7-2)41(37(42)47)26-27-20-17-16-18-21-27;1-10-7-8-11(20)12(9-10)21-15(24)13(14(23)18(2,3)4)22-16(25)19(5,6)27-17(22)26/h16-18,20-23,25,31,35H,6-15,19,24,26H2,1-5H3,(H,40,44);7-9,13H,1-6H3,(H,21,24). The second kappa shape index (κ2) is 27.7. The molecule has 3 unspecified atom stereocenters. The molecule has 0 radical (unpaired) electrons. The van der Waals surface area contributed by atoms with Crippen LogP contribution in [-0.2, 0) is 49.5 Å². The minimum absolute atomic E-state index is 0.0275. The maximum absolute atomic E-state index is 13.9. The molecule has 0 aliphatic carbocycles. The number of ether oxygens (including phenoxy) is 3. The highest BCUT2D eigenvalue weighted by molar-refractivity contribution is 6.35. The molecule has 0 aromatic heterocycles. The van der Waals surface area contributed by atoms with Crippen molar-refractivity contribution in [2.24, 2.45) is 10.8 Å². The number of carbonyl (C=O) groups excluding carboxylic acids is 9. The van der Waals surface area contributed by atoms with E-state index in [1.807, 2.05) is 13.0 Å². The Morgan fingerprint density at radius 2 is 1.18 bits per heavy atom. The summed E-state index contributed by atoms with van der Waals surface area (Å²) in [6.45, 7) is 18.5. The van der Waals surface area contributed by atoms with Gasteiger partial charge in [0.25, 0.3) is 23.6 Å². The predicted octanol–water partition coefficient (Wildman–Crippen LogP) is 11.5. The summed E-state index contributed by atoms with van der Waals surface area (Å²) in [7, 11) is 0. The number of unbranched alkanes of at least 4 members (excludes halogenated alkanes) is 9. The van der Waals surface area contributed by atoms with Crippen molar-refractivity contribution in [3.8, 4) is 0 Å². The third kappa shape index (κ3) is 16.7. The number of hydrogen-bond donors (Lipinski definition) is 2. The topological polar surface area (TPSA) is 215 Å². The van der Waals surface area contributed by atoms with E-state index < -0.39 is 88.0 Å². The Morgan fingerprint density at radius 3 is 1.68 bits per heavy atom. The van der Waals surface area contributed by atoms with Crippen LogP contribution in [0.3, 0.4) is 0 Å². The number of benzene rings is 3. The molecule has 2 aliphatic rings. The average molecular weight is 1090 g/mol. The van der Waals surface area contributed by atoms with E-state index >= 15 is 0 Å². The van der Waals surface area contributed by atoms with Gasteiger partial charge in [-0.15, -0.1) is 0 Å². The number of cyclic esters (lactones) is 1. The van der Waals surface area contributed by atoms with E-state index in [0.29, 0.717) is 9.80 Å². The number of hydrogen-bond acceptors (Lipinski definition) is 12. The van der Waals surface area contributed by atoms with Crippen molar-refractivity contribution in [1.29, 1.82) is 0 Å². The van der Waals surface area contributed by atoms with E-state index in [0.717, 1.165) is 30.4 Å². The van der Waals surface area contributed by atoms with Gasteiger partial charge in [0.05, 0.1) is 40.1 Å². The van der Waals surface area contributed by atoms with Crippen molar-refractivity contribution >= 4 is 87.9 Å². The lowest BCUT2D eigenvalue weighted by Gasteiger charge is -2.29. The van der Waals surface area contributed by atoms with Crippen LogP contribution in [0.2, 0.25) is 10.0 Å². The largest absolute Gasteiger partial charge is 0.462 e. The highest BCUT2D eigenvalue weighted by Gasteiger charge is 2.56. The van der Waals surface area contributed by atoms with Crippen molar-refractivity contribution in [2.75, 3.05) is 23.8 Å². The van der Waals surface area contributed by atoms with E-state index in [1.165, 1.54) is 81.9 Å². The molecular weight excluding hydrogens is 1020 g/mol. The Hall–Kier alpha value is -6.17. The summed E-state index contributed by atoms with van der Waals surface area (Å²) in [6.07, 6.45) is 9.26. The Kier molecular flexibility index (Phi) is 22.8. The van der Waals surface area contributed by atoms with E-state index in [-0.39, 0.29) is 46.7 Å². The van der Waals surface area contributed by atoms with Crippen molar-refractivity contribution in [2.45, 2.75) is 171 Å². The summed E-state index contributed by atoms with van der Waals surface area (Å²) in [4.78, 5) is 121. The lowest BCUT2D eigenvalue weighted by molar-refractivity contribution is -0.149. The minimum atomic E-state index is -1.83. The molecular formula is C57H75Cl2N5O12. The number of nitrogens with one attached hydrogen (secondary N) is 2. The number of ketones is 2. The van der Waals surface area contributed by atoms with E-state index in [4.69, 9.17) is 37.4 Å². The number of Topliss-reactive ketones (excluding diaryl/α,β-unsaturated/α-hetero) is 2. The predicted molar refractivity (Wildman–Crippen MR) is 291 cm³/mol. The quantitative estimate of drug-likeness (QED) is 0.0371. The van der Waals surface area contributed by atoms with Gasteiger partial charge in [-0.25, -0.2) is 24.2 Å². The number of amides is 7. The molecule has 0 spiro atoms. The number of halogens is 2. The fraction of sp³-hybridized carbons (Fsp3) is 0.526. The zero-order valence-electron chi connectivity index (χ0n) is 45.8. The molecule has 76 heavy (non-hydrogen) atoms. The summed E-state index contributed by atoms with van der Waals surface area (Å²) < 4.78 is 16.2. The first-order chi connectivity index (χ1) is 35.7. The fourth-order valence-electron chi connectivity index (χ4n) is 8.23. The number of imide groups is 2. The maximum atomic E-state index is 13.9. The van der Waals surface area contributed by atoms with Gasteiger partial charge in [-0.2, -0.15) is 0 Å². The number of esters is 1. The maximum Gasteiger partial charge on any atom is 0.418 e. The van der Waals surface area contributed by atoms with Gasteiger partial charge in [-0.3, -0.25) is 33.7 Å². The second-order valence-electron chi connectivity index (χ2n) is 21.5. The molecule has 7 amide bonds. The molecule has 2 fully saturated rings. The second-order valence-corrected chi connectivity index (χ2v) is 22.3. The molecule has 2 aliphatic heterocycles. The average Bonchev–Trinajstić information content (AvgIpc) is 3.69. The highest BCUT2D eigenvalue weighted by atomic mass is 35.5. The fourth-order valence-corrected chi connectivity index (χ4v) is 8.56. The summed E-state index contributed by atoms with van der Waals surface area (Å²) in [6, 6.07) is 14.0. The lowest BCUT2D eigenvalue weighted by atomic mass is 9.85. The third-order valence-corrected chi connectivity index (χ3v) is 13.2. The van der Waals surface area contributed by atoms with Crippen LogP contribution in [0.5, 0.6) is 0 Å². The van der Waals surface area contributed by atoms with Gasteiger partial charge in [0.2, 0.25) is 6.23 Å². The first kappa shape index (κ1) is 62.4. The molecule has 17 nitrogen and oxygen atoms in total. The number of nitrogens with zero attached hydrogens (tertiary/aromatic N) is 3. The van der Waals surface area contributed by atoms with Gasteiger partial charge in [0, 0.05) is 17.4 Å². The van der Waals surface area contributed by atoms with Gasteiger partial charge >= 0.3 is 18.1 Å². The minimum Gasteiger partial charge on any atom is -0.462 e. The summed E-state index contributed by atoms with van der Waals surface area (Å²) in [5.74, 6) is -5.18. The number of aryl methyl sites for hydroxylation is 1. The van der Waals surface area contributed by atoms with Crippen molar-refractivity contribution < 1.29 is 57.4 Å². The molecule has 19 heteroatoms. The first-order valence-electron chi connectivity index (χ1n) is 25.9. The van der Waals surface area contributed by atoms with Gasteiger partial charge in [-0.05, 0) is 75.6 Å². The molecule has 0 bridgehead atoms. The van der Waals surface area contributed by atoms with Gasteiger partial charge in [-0.1, -0.05) is 166 Å². The summed E-state index contributed by atoms with van der Waals surface area (Å²) >= 11 is 12.5. The summed E-state index contributed by atoms with van der Waals surface area (Å²) in [5, 5.41) is 5.52. The van der Waals surface area contributed by atoms with Gasteiger partial charge < -0.3 is 24.8 Å². The molecule has 0 saturated carbocycles. The monoisotopic (exact) mass is 1090 g/mol. The van der Waals surface area contributed by atoms with Crippen LogP contribution in [0.1, 0.15) is 155 Å². The van der Waals surface area contributed by atoms with Crippen LogP contribution in [0.15, 0.2) is 66.7 Å². The molecule has 3 aromatic rings. The molecule has 5 rings (SSSR count). The van der Waals surface area contributed by atoms with Gasteiger partial charge in [0.1, 0.15) is 0 Å². The van der Waals surface area contributed by atoms with Gasteiger partial charge in [0.15, 0.2) is 29.3 Å². The van der Waals surface area contributed by atoms with Crippen molar-refractivity contribution in [1.82, 2.24) is 14.7 Å². The van der Waals surface area contributed by atoms with E-state index in [1.54, 1.807) is 90.9 Å². The first-order valence-corrected chi connectivity index (χ1v) is 26.7. The number of carbonyl (C=O) groups is 9. The van der Waals surface area contributed by atoms with E-state index in [2.05, 4.69) is 17.6 Å². The van der Waals surface area contributed by atoms with E-state index in [9.17, 15) is 43.2 Å². The SMILES string of the molecule is CCCCCCCCCCCCOC(=O)c1ccc(Cl)c(NC(=O)C(C(=O)C(C)(C)C)N2C(=O)C(OCC)N(Cc3ccccc3)C2=O)c1.Cc1ccc(Cl)c(NC(=O)C(C(=O)C(C)(C)C)N2C(=O)OC(C)(C)C2=O)c1. The van der Waals surface area contributed by atoms with Crippen LogP contribution in [0.4, 0.5) is 21.0 Å². The molecule has 3 atom stereocenters. The third-order valence-electron chi connectivity index (χ3n) is 12.5. The molecule has 2 heterocycles. The van der Waals surface area contributed by atoms with Crippen LogP contribution in [0.25, 0.3) is 0 Å². The smallest absolute Gasteiger partial charge is 0.418 e. The van der Waals surface area contributed by atoms with Crippen LogP contribution in [-0.4, -0.2) is 105 Å². The number of rotatable bonds is 24. The van der Waals surface area contributed by atoms with Crippen molar-refractivity contribution in [3.05, 3.63) is 93.5 Å². The Labute approximate surface area is 457 Å². The van der Waals surface area contributed by atoms with Crippen LogP contribution >= 0.6 is 23.2 Å².